The number of halogens is 1. The highest BCUT2D eigenvalue weighted by molar-refractivity contribution is 9.10. The summed E-state index contributed by atoms with van der Waals surface area (Å²) >= 11 is 3.38. The van der Waals surface area contributed by atoms with Crippen molar-refractivity contribution in [2.45, 2.75) is 38.9 Å². The second-order valence-corrected chi connectivity index (χ2v) is 24.8. The third-order valence-electron chi connectivity index (χ3n) is 18.0. The Labute approximate surface area is 531 Å². The van der Waals surface area contributed by atoms with Crippen LogP contribution in [0.5, 0.6) is 0 Å². The smallest absolute Gasteiger partial charge is 0.399 e. The maximum Gasteiger partial charge on any atom is 0.495 e. The van der Waals surface area contributed by atoms with Crippen molar-refractivity contribution in [1.82, 2.24) is 19.9 Å². The standard InChI is InChI=1S/C38H24N2.C32H29BO2.C12H7BrN2/c1-2-13-30-25(8-1)9-6-16-31(30)28-10-5-11-29(24-28)32-20-21-35(34-15-4-3-14-33(32)34)36-22-19-27-18-17-26-12-7-23-39-37(26)38(27)40-36;1-31(2)32(3,4)35-33(34-31)30-20-19-27(28-16-7-8-17-29(28)30)24-14-9-13-23(21-24)26-18-10-12-22-11-5-6-15-25(22)26;13-10-6-5-9-4-3-8-2-1-7-14-11(8)12(9)15-10/h1-24H;5-21H,1-4H3;1-7H. The molecule has 0 unspecified atom stereocenters. The molecule has 5 heterocycles. The van der Waals surface area contributed by atoms with Crippen molar-refractivity contribution in [2.75, 3.05) is 0 Å². The predicted molar refractivity (Wildman–Crippen MR) is 381 cm³/mol. The third-order valence-corrected chi connectivity index (χ3v) is 18.5. The molecule has 8 heteroatoms. The summed E-state index contributed by atoms with van der Waals surface area (Å²) in [7, 11) is -0.388. The number of benzene rings is 12. The van der Waals surface area contributed by atoms with E-state index in [0.29, 0.717) is 0 Å². The number of rotatable bonds is 6. The monoisotopic (exact) mass is 1220 g/mol. The van der Waals surface area contributed by atoms with Gasteiger partial charge < -0.3 is 9.31 Å². The van der Waals surface area contributed by atoms with E-state index in [0.717, 1.165) is 64.9 Å². The molecule has 1 aliphatic rings. The summed E-state index contributed by atoms with van der Waals surface area (Å²) in [5, 5.41) is 14.3. The summed E-state index contributed by atoms with van der Waals surface area (Å²) in [6.45, 7) is 8.40. The van der Waals surface area contributed by atoms with Crippen LogP contribution in [0.1, 0.15) is 27.7 Å². The second-order valence-electron chi connectivity index (χ2n) is 24.0. The van der Waals surface area contributed by atoms with Crippen LogP contribution < -0.4 is 5.46 Å². The molecule has 1 saturated heterocycles. The Bertz CT molecular complexity index is 5430. The van der Waals surface area contributed by atoms with Crippen LogP contribution in [0.15, 0.2) is 296 Å². The maximum absolute atomic E-state index is 6.40. The zero-order valence-corrected chi connectivity index (χ0v) is 51.9. The molecule has 0 N–H and O–H groups in total. The van der Waals surface area contributed by atoms with Crippen LogP contribution in [0, 0.1) is 0 Å². The first kappa shape index (κ1) is 56.3. The Hall–Kier alpha value is -10.2. The van der Waals surface area contributed by atoms with E-state index in [1.165, 1.54) is 87.6 Å². The lowest BCUT2D eigenvalue weighted by molar-refractivity contribution is 0.00578. The number of hydrogen-bond acceptors (Lipinski definition) is 6. The van der Waals surface area contributed by atoms with Gasteiger partial charge in [-0.25, -0.2) is 9.97 Å². The highest BCUT2D eigenvalue weighted by Crippen LogP contribution is 2.41. The minimum absolute atomic E-state index is 0.371. The first-order chi connectivity index (χ1) is 44.0. The van der Waals surface area contributed by atoms with Crippen LogP contribution >= 0.6 is 15.9 Å². The van der Waals surface area contributed by atoms with Gasteiger partial charge in [0.05, 0.1) is 39.0 Å². The summed E-state index contributed by atoms with van der Waals surface area (Å²) in [6.07, 6.45) is 3.64. The lowest BCUT2D eigenvalue weighted by atomic mass is 9.75. The van der Waals surface area contributed by atoms with Crippen LogP contribution in [0.25, 0.3) is 142 Å². The first-order valence-electron chi connectivity index (χ1n) is 30.5. The van der Waals surface area contributed by atoms with Crippen LogP contribution in [0.4, 0.5) is 0 Å². The normalized spacial score (nSPS) is 13.5. The average Bonchev–Trinajstić information content (AvgIpc) is 1.60. The number of aromatic nitrogens is 4. The number of pyridine rings is 4. The minimum atomic E-state index is -0.388. The highest BCUT2D eigenvalue weighted by atomic mass is 79.9. The van der Waals surface area contributed by atoms with E-state index in [1.54, 1.807) is 6.20 Å². The fraction of sp³-hybridized carbons (Fsp3) is 0.0732. The Morgan fingerprint density at radius 1 is 0.300 bits per heavy atom. The average molecular weight is 1220 g/mol. The molecule has 0 saturated carbocycles. The van der Waals surface area contributed by atoms with E-state index in [2.05, 4.69) is 307 Å². The van der Waals surface area contributed by atoms with Crippen molar-refractivity contribution < 1.29 is 9.31 Å². The first-order valence-corrected chi connectivity index (χ1v) is 31.3. The van der Waals surface area contributed by atoms with E-state index in [9.17, 15) is 0 Å². The summed E-state index contributed by atoms with van der Waals surface area (Å²) in [5.41, 5.74) is 16.0. The van der Waals surface area contributed by atoms with Crippen LogP contribution in [0.2, 0.25) is 0 Å². The SMILES string of the molecule is Brc1ccc2ccc3cccnc3c2n1.CC1(C)OB(c2ccc(-c3cccc(-c4cccc5ccccc45)c3)c3ccccc23)OC1(C)C.c1cc(-c2cccc3ccccc23)cc(-c2ccc(-c3ccc4ccc5cccnc5c4n3)c3ccccc23)c1. The highest BCUT2D eigenvalue weighted by Gasteiger charge is 2.52. The van der Waals surface area contributed by atoms with E-state index in [-0.39, 0.29) is 18.3 Å². The zero-order valence-electron chi connectivity index (χ0n) is 50.3. The van der Waals surface area contributed by atoms with Gasteiger partial charge in [0.1, 0.15) is 4.60 Å². The minimum Gasteiger partial charge on any atom is -0.399 e. The fourth-order valence-electron chi connectivity index (χ4n) is 12.8. The lowest BCUT2D eigenvalue weighted by Crippen LogP contribution is -2.41. The molecule has 0 aliphatic carbocycles. The molecule has 90 heavy (non-hydrogen) atoms. The topological polar surface area (TPSA) is 70.0 Å². The fourth-order valence-corrected chi connectivity index (χ4v) is 13.1. The van der Waals surface area contributed by atoms with Crippen LogP contribution in [-0.4, -0.2) is 38.3 Å². The van der Waals surface area contributed by atoms with Gasteiger partial charge in [0.15, 0.2) is 0 Å². The Balaban J connectivity index is 0.000000123. The van der Waals surface area contributed by atoms with Gasteiger partial charge in [-0.1, -0.05) is 243 Å². The van der Waals surface area contributed by atoms with Crippen molar-refractivity contribution in [1.29, 1.82) is 0 Å². The lowest BCUT2D eigenvalue weighted by Gasteiger charge is -2.32. The van der Waals surface area contributed by atoms with Crippen LogP contribution in [0.3, 0.4) is 0 Å². The molecular weight excluding hydrogens is 1160 g/mol. The molecule has 4 aromatic heterocycles. The molecule has 17 rings (SSSR count). The van der Waals surface area contributed by atoms with E-state index in [1.807, 2.05) is 36.5 Å². The van der Waals surface area contributed by atoms with Gasteiger partial charge in [-0.05, 0) is 173 Å². The number of fused-ring (bicyclic) bond motifs is 10. The Morgan fingerprint density at radius 2 is 0.667 bits per heavy atom. The van der Waals surface area contributed by atoms with E-state index < -0.39 is 0 Å². The number of hydrogen-bond donors (Lipinski definition) is 0. The number of nitrogens with zero attached hydrogens (tertiary/aromatic N) is 4. The van der Waals surface area contributed by atoms with Gasteiger partial charge in [-0.2, -0.15) is 0 Å². The molecular formula is C82H60BBrN4O2. The molecule has 0 spiro atoms. The van der Waals surface area contributed by atoms with Gasteiger partial charge in [-0.15, -0.1) is 0 Å². The molecule has 0 bridgehead atoms. The summed E-state index contributed by atoms with van der Waals surface area (Å²) in [4.78, 5) is 18.6. The van der Waals surface area contributed by atoms with Gasteiger partial charge >= 0.3 is 7.12 Å². The van der Waals surface area contributed by atoms with Crippen molar-refractivity contribution in [3.8, 4) is 55.8 Å². The quantitative estimate of drug-likeness (QED) is 0.0939. The maximum atomic E-state index is 6.40. The van der Waals surface area contributed by atoms with Gasteiger partial charge in [0, 0.05) is 39.5 Å². The molecule has 430 valence electrons. The molecule has 0 atom stereocenters. The molecule has 12 aromatic carbocycles. The van der Waals surface area contributed by atoms with Crippen molar-refractivity contribution in [2.24, 2.45) is 0 Å². The Morgan fingerprint density at radius 3 is 1.20 bits per heavy atom. The van der Waals surface area contributed by atoms with Gasteiger partial charge in [0.2, 0.25) is 0 Å². The summed E-state index contributed by atoms with van der Waals surface area (Å²) < 4.78 is 13.6. The van der Waals surface area contributed by atoms with Gasteiger partial charge in [0.25, 0.3) is 0 Å². The second kappa shape index (κ2) is 23.4. The molecule has 1 fully saturated rings. The molecule has 6 nitrogen and oxygen atoms in total. The Kier molecular flexibility index (Phi) is 14.6. The third kappa shape index (κ3) is 10.5. The largest absolute Gasteiger partial charge is 0.495 e. The van der Waals surface area contributed by atoms with E-state index in [4.69, 9.17) is 14.3 Å². The molecule has 0 radical (unpaired) electrons. The molecule has 16 aromatic rings. The summed E-state index contributed by atoms with van der Waals surface area (Å²) in [5.74, 6) is 0. The van der Waals surface area contributed by atoms with Crippen molar-refractivity contribution in [3.63, 3.8) is 0 Å². The van der Waals surface area contributed by atoms with E-state index >= 15 is 0 Å². The molecule has 0 amide bonds. The predicted octanol–water partition coefficient (Wildman–Crippen LogP) is 21.3. The van der Waals surface area contributed by atoms with Crippen LogP contribution in [-0.2, 0) is 9.31 Å². The molecule has 1 aliphatic heterocycles. The van der Waals surface area contributed by atoms with Crippen molar-refractivity contribution in [3.05, 3.63) is 296 Å². The summed E-state index contributed by atoms with van der Waals surface area (Å²) in [6, 6.07) is 98.7. The van der Waals surface area contributed by atoms with Crippen molar-refractivity contribution >= 4 is 115 Å². The van der Waals surface area contributed by atoms with Gasteiger partial charge in [-0.3, -0.25) is 9.97 Å². The zero-order chi connectivity index (χ0) is 60.9.